The maximum atomic E-state index is 6.06. The van der Waals surface area contributed by atoms with Gasteiger partial charge in [0, 0.05) is 30.2 Å². The minimum atomic E-state index is 0.215. The van der Waals surface area contributed by atoms with Gasteiger partial charge < -0.3 is 9.47 Å². The Hall–Kier alpha value is -2.10. The van der Waals surface area contributed by atoms with Crippen LogP contribution in [0.1, 0.15) is 37.7 Å². The number of anilines is 2. The molecule has 3 aromatic rings. The molecule has 0 unspecified atom stereocenters. The van der Waals surface area contributed by atoms with Gasteiger partial charge in [-0.1, -0.05) is 17.8 Å². The zero-order chi connectivity index (χ0) is 20.9. The fourth-order valence-corrected chi connectivity index (χ4v) is 4.64. The molecule has 3 aromatic heterocycles. The lowest BCUT2D eigenvalue weighted by atomic mass is 9.98. The fraction of sp³-hybridized carbons (Fsp3) is 0.429. The van der Waals surface area contributed by atoms with E-state index in [9.17, 15) is 0 Å². The zero-order valence-corrected chi connectivity index (χ0v) is 19.4. The highest BCUT2D eigenvalue weighted by atomic mass is 79.9. The van der Waals surface area contributed by atoms with Crippen molar-refractivity contribution in [3.63, 3.8) is 0 Å². The summed E-state index contributed by atoms with van der Waals surface area (Å²) in [5.41, 5.74) is 1.84. The van der Waals surface area contributed by atoms with Crippen LogP contribution in [0.15, 0.2) is 35.2 Å². The van der Waals surface area contributed by atoms with Gasteiger partial charge in [-0.15, -0.1) is 0 Å². The molecule has 1 aliphatic carbocycles. The van der Waals surface area contributed by atoms with E-state index in [1.165, 1.54) is 30.6 Å². The highest BCUT2D eigenvalue weighted by molar-refractivity contribution is 9.10. The van der Waals surface area contributed by atoms with Gasteiger partial charge in [0.2, 0.25) is 0 Å². The number of nitrogens with zero attached hydrogens (tertiary/aromatic N) is 5. The first-order valence-corrected chi connectivity index (χ1v) is 11.6. The van der Waals surface area contributed by atoms with Crippen LogP contribution in [0.2, 0.25) is 0 Å². The van der Waals surface area contributed by atoms with Gasteiger partial charge >= 0.3 is 6.01 Å². The molecule has 1 saturated carbocycles. The predicted octanol–water partition coefficient (Wildman–Crippen LogP) is 5.52. The molecule has 0 spiro atoms. The second kappa shape index (κ2) is 9.80. The van der Waals surface area contributed by atoms with Gasteiger partial charge in [0.15, 0.2) is 5.13 Å². The van der Waals surface area contributed by atoms with Crippen molar-refractivity contribution < 1.29 is 9.47 Å². The van der Waals surface area contributed by atoms with Crippen molar-refractivity contribution in [1.82, 2.24) is 19.9 Å². The number of pyridine rings is 1. The van der Waals surface area contributed by atoms with Gasteiger partial charge in [-0.05, 0) is 66.2 Å². The van der Waals surface area contributed by atoms with E-state index in [0.717, 1.165) is 44.4 Å². The quantitative estimate of drug-likeness (QED) is 0.404. The Morgan fingerprint density at radius 1 is 1.10 bits per heavy atom. The molecule has 158 valence electrons. The molecule has 0 aromatic carbocycles. The van der Waals surface area contributed by atoms with Crippen LogP contribution in [-0.4, -0.2) is 39.9 Å². The minimum Gasteiger partial charge on any atom is -0.460 e. The number of rotatable bonds is 7. The van der Waals surface area contributed by atoms with Gasteiger partial charge in [0.05, 0.1) is 10.6 Å². The van der Waals surface area contributed by atoms with Crippen molar-refractivity contribution in [3.05, 3.63) is 40.8 Å². The minimum absolute atomic E-state index is 0.215. The smallest absolute Gasteiger partial charge is 0.317 e. The summed E-state index contributed by atoms with van der Waals surface area (Å²) < 4.78 is 12.4. The van der Waals surface area contributed by atoms with E-state index in [-0.39, 0.29) is 6.10 Å². The fourth-order valence-electron chi connectivity index (χ4n) is 3.44. The lowest BCUT2D eigenvalue weighted by molar-refractivity contribution is 0.142. The number of hydrogen-bond donors (Lipinski definition) is 0. The Bertz CT molecular complexity index is 976. The van der Waals surface area contributed by atoms with Crippen LogP contribution >= 0.6 is 27.3 Å². The van der Waals surface area contributed by atoms with Gasteiger partial charge in [0.25, 0.3) is 0 Å². The summed E-state index contributed by atoms with van der Waals surface area (Å²) in [5.74, 6) is 0.765. The van der Waals surface area contributed by atoms with Gasteiger partial charge in [-0.25, -0.2) is 15.0 Å². The zero-order valence-electron chi connectivity index (χ0n) is 17.0. The van der Waals surface area contributed by atoms with Crippen LogP contribution in [0.4, 0.5) is 10.9 Å². The van der Waals surface area contributed by atoms with Gasteiger partial charge in [-0.3, -0.25) is 4.90 Å². The first kappa shape index (κ1) is 21.1. The standard InChI is InChI=1S/C21H24BrN5O2S/c1-14-10-24-20(29-16-6-4-3-5-7-16)26-19(14)17-12-25-21(30-17)27(13-28-2)18-9-8-15(22)11-23-18/h8-12,16H,3-7,13H2,1-2H3. The number of halogens is 1. The first-order chi connectivity index (χ1) is 14.6. The molecule has 0 bridgehead atoms. The second-order valence-electron chi connectivity index (χ2n) is 7.25. The summed E-state index contributed by atoms with van der Waals surface area (Å²) in [5, 5.41) is 0.787. The van der Waals surface area contributed by atoms with Gasteiger partial charge in [0.1, 0.15) is 18.7 Å². The third-order valence-corrected chi connectivity index (χ3v) is 6.47. The number of hydrogen-bond acceptors (Lipinski definition) is 8. The molecule has 30 heavy (non-hydrogen) atoms. The summed E-state index contributed by atoms with van der Waals surface area (Å²) in [4.78, 5) is 21.1. The van der Waals surface area contributed by atoms with Crippen LogP contribution in [0.5, 0.6) is 6.01 Å². The van der Waals surface area contributed by atoms with Crippen molar-refractivity contribution in [3.8, 4) is 16.6 Å². The van der Waals surface area contributed by atoms with Gasteiger partial charge in [-0.2, -0.15) is 4.98 Å². The van der Waals surface area contributed by atoms with Crippen LogP contribution in [0.3, 0.4) is 0 Å². The van der Waals surface area contributed by atoms with Crippen molar-refractivity contribution in [2.75, 3.05) is 18.7 Å². The monoisotopic (exact) mass is 489 g/mol. The first-order valence-electron chi connectivity index (χ1n) is 9.98. The average Bonchev–Trinajstić information content (AvgIpc) is 3.24. The lowest BCUT2D eigenvalue weighted by Crippen LogP contribution is -2.20. The summed E-state index contributed by atoms with van der Waals surface area (Å²) in [6.45, 7) is 2.35. The summed E-state index contributed by atoms with van der Waals surface area (Å²) >= 11 is 4.96. The Morgan fingerprint density at radius 3 is 2.67 bits per heavy atom. The topological polar surface area (TPSA) is 73.3 Å². The summed E-state index contributed by atoms with van der Waals surface area (Å²) in [7, 11) is 1.66. The predicted molar refractivity (Wildman–Crippen MR) is 121 cm³/mol. The van der Waals surface area contributed by atoms with Crippen molar-refractivity contribution in [1.29, 1.82) is 0 Å². The molecule has 0 aliphatic heterocycles. The molecule has 3 heterocycles. The Labute approximate surface area is 188 Å². The van der Waals surface area contributed by atoms with E-state index < -0.39 is 0 Å². The number of methoxy groups -OCH3 is 1. The Balaban J connectivity index is 1.59. The van der Waals surface area contributed by atoms with E-state index >= 15 is 0 Å². The van der Waals surface area contributed by atoms with Crippen LogP contribution in [0, 0.1) is 6.92 Å². The molecule has 7 nitrogen and oxygen atoms in total. The van der Waals surface area contributed by atoms with Crippen LogP contribution in [0.25, 0.3) is 10.6 Å². The summed E-state index contributed by atoms with van der Waals surface area (Å²) in [6.07, 6.45) is 11.5. The molecular weight excluding hydrogens is 466 g/mol. The largest absolute Gasteiger partial charge is 0.460 e. The SMILES string of the molecule is COCN(c1ccc(Br)cn1)c1ncc(-c2nc(OC3CCCCC3)ncc2C)s1. The molecular formula is C21H24BrN5O2S. The molecule has 0 atom stereocenters. The number of ether oxygens (including phenoxy) is 2. The van der Waals surface area contributed by atoms with Crippen molar-refractivity contribution >= 4 is 38.2 Å². The third-order valence-electron chi connectivity index (χ3n) is 4.98. The second-order valence-corrected chi connectivity index (χ2v) is 9.17. The number of aromatic nitrogens is 4. The van der Waals surface area contributed by atoms with E-state index in [0.29, 0.717) is 12.7 Å². The molecule has 0 N–H and O–H groups in total. The highest BCUT2D eigenvalue weighted by Gasteiger charge is 2.19. The van der Waals surface area contributed by atoms with E-state index in [4.69, 9.17) is 14.5 Å². The number of aryl methyl sites for hydroxylation is 1. The number of thiazole rings is 1. The summed E-state index contributed by atoms with van der Waals surface area (Å²) in [6, 6.07) is 4.32. The maximum absolute atomic E-state index is 6.06. The lowest BCUT2D eigenvalue weighted by Gasteiger charge is -2.21. The average molecular weight is 490 g/mol. The Morgan fingerprint density at radius 2 is 1.93 bits per heavy atom. The third kappa shape index (κ3) is 4.96. The molecule has 1 aliphatic rings. The van der Waals surface area contributed by atoms with Crippen LogP contribution < -0.4 is 9.64 Å². The molecule has 1 fully saturated rings. The van der Waals surface area contributed by atoms with E-state index in [1.807, 2.05) is 36.4 Å². The molecule has 4 rings (SSSR count). The van der Waals surface area contributed by atoms with E-state index in [1.54, 1.807) is 13.3 Å². The Kier molecular flexibility index (Phi) is 6.91. The van der Waals surface area contributed by atoms with Crippen molar-refractivity contribution in [2.45, 2.75) is 45.1 Å². The maximum Gasteiger partial charge on any atom is 0.317 e. The highest BCUT2D eigenvalue weighted by Crippen LogP contribution is 2.35. The molecule has 9 heteroatoms. The van der Waals surface area contributed by atoms with Crippen molar-refractivity contribution in [2.24, 2.45) is 0 Å². The van der Waals surface area contributed by atoms with Crippen LogP contribution in [-0.2, 0) is 4.74 Å². The normalized spacial score (nSPS) is 14.6. The molecule has 0 radical (unpaired) electrons. The van der Waals surface area contributed by atoms with E-state index in [2.05, 4.69) is 30.9 Å². The molecule has 0 amide bonds. The molecule has 0 saturated heterocycles.